The van der Waals surface area contributed by atoms with E-state index in [1.807, 2.05) is 0 Å². The summed E-state index contributed by atoms with van der Waals surface area (Å²) in [6.07, 6.45) is 4.59. The smallest absolute Gasteiger partial charge is 0.288 e. The number of benzene rings is 1. The molecule has 0 aliphatic rings. The zero-order chi connectivity index (χ0) is 19.8. The normalized spacial score (nSPS) is 11.5. The van der Waals surface area contributed by atoms with E-state index in [0.29, 0.717) is 33.5 Å². The minimum atomic E-state index is -0.585. The number of hydrogen-bond acceptors (Lipinski definition) is 5. The SMILES string of the molecule is O=[N+]([O-])c1cc(/C=N/c2c(-c3ccco3)nc3ccc(Cl)cn23)c(Cl)cc1Cl. The van der Waals surface area contributed by atoms with Gasteiger partial charge in [-0.2, -0.15) is 0 Å². The number of aromatic nitrogens is 2. The molecule has 0 unspecified atom stereocenters. The standard InChI is InChI=1S/C18H9Cl3N4O3/c19-11-3-4-16-23-17(15-2-1-5-28-15)18(24(16)9-11)22-8-10-6-14(25(26)27)13(21)7-12(10)20/h1-9H/b22-8+. The summed E-state index contributed by atoms with van der Waals surface area (Å²) in [6.45, 7) is 0. The molecule has 0 atom stereocenters. The fourth-order valence-corrected chi connectivity index (χ4v) is 3.29. The molecule has 0 aliphatic carbocycles. The van der Waals surface area contributed by atoms with Crippen LogP contribution in [0, 0.1) is 10.1 Å². The average Bonchev–Trinajstić information content (AvgIpc) is 3.28. The number of aliphatic imine (C=N–C) groups is 1. The Hall–Kier alpha value is -2.87. The Balaban J connectivity index is 1.88. The summed E-state index contributed by atoms with van der Waals surface area (Å²) in [7, 11) is 0. The molecule has 0 aliphatic heterocycles. The van der Waals surface area contributed by atoms with E-state index in [1.165, 1.54) is 24.6 Å². The summed E-state index contributed by atoms with van der Waals surface area (Å²) in [5, 5.41) is 11.8. The number of nitrogens with zero attached hydrogens (tertiary/aromatic N) is 4. The Morgan fingerprint density at radius 2 is 2.00 bits per heavy atom. The van der Waals surface area contributed by atoms with Gasteiger partial charge in [0.25, 0.3) is 5.69 Å². The molecule has 0 saturated heterocycles. The summed E-state index contributed by atoms with van der Waals surface area (Å²) >= 11 is 18.1. The molecule has 28 heavy (non-hydrogen) atoms. The van der Waals surface area contributed by atoms with Crippen LogP contribution in [-0.2, 0) is 0 Å². The van der Waals surface area contributed by atoms with Crippen molar-refractivity contribution in [3.05, 3.63) is 79.6 Å². The minimum absolute atomic E-state index is 0.0509. The van der Waals surface area contributed by atoms with Crippen LogP contribution in [0.2, 0.25) is 15.1 Å². The molecule has 0 saturated carbocycles. The Kier molecular flexibility index (Phi) is 4.80. The van der Waals surface area contributed by atoms with Crippen LogP contribution in [0.1, 0.15) is 5.56 Å². The van der Waals surface area contributed by atoms with Crippen LogP contribution in [0.25, 0.3) is 17.1 Å². The monoisotopic (exact) mass is 434 g/mol. The first kappa shape index (κ1) is 18.5. The highest BCUT2D eigenvalue weighted by atomic mass is 35.5. The lowest BCUT2D eigenvalue weighted by Crippen LogP contribution is -1.93. The highest BCUT2D eigenvalue weighted by Crippen LogP contribution is 2.33. The van der Waals surface area contributed by atoms with Crippen molar-refractivity contribution in [2.75, 3.05) is 0 Å². The van der Waals surface area contributed by atoms with E-state index < -0.39 is 4.92 Å². The molecule has 0 radical (unpaired) electrons. The van der Waals surface area contributed by atoms with Gasteiger partial charge in [-0.25, -0.2) is 9.98 Å². The number of fused-ring (bicyclic) bond motifs is 1. The summed E-state index contributed by atoms with van der Waals surface area (Å²) in [5.41, 5.74) is 1.17. The topological polar surface area (TPSA) is 85.9 Å². The number of imidazole rings is 1. The molecule has 3 aromatic heterocycles. The second-order valence-electron chi connectivity index (χ2n) is 5.68. The lowest BCUT2D eigenvalue weighted by molar-refractivity contribution is -0.384. The molecule has 0 bridgehead atoms. The molecule has 0 N–H and O–H groups in total. The number of hydrogen-bond donors (Lipinski definition) is 0. The van der Waals surface area contributed by atoms with Crippen molar-refractivity contribution in [2.45, 2.75) is 0 Å². The third kappa shape index (κ3) is 3.35. The van der Waals surface area contributed by atoms with Crippen LogP contribution >= 0.6 is 34.8 Å². The van der Waals surface area contributed by atoms with Crippen molar-refractivity contribution in [1.29, 1.82) is 0 Å². The first-order valence-electron chi connectivity index (χ1n) is 7.83. The van der Waals surface area contributed by atoms with Crippen LogP contribution in [0.15, 0.2) is 58.3 Å². The van der Waals surface area contributed by atoms with Crippen LogP contribution in [-0.4, -0.2) is 20.5 Å². The maximum absolute atomic E-state index is 11.1. The van der Waals surface area contributed by atoms with Crippen molar-refractivity contribution in [1.82, 2.24) is 9.38 Å². The third-order valence-electron chi connectivity index (χ3n) is 3.90. The van der Waals surface area contributed by atoms with E-state index in [1.54, 1.807) is 34.9 Å². The molecular formula is C18H9Cl3N4O3. The predicted molar refractivity (Wildman–Crippen MR) is 108 cm³/mol. The third-order valence-corrected chi connectivity index (χ3v) is 4.75. The Morgan fingerprint density at radius 3 is 2.71 bits per heavy atom. The maximum Gasteiger partial charge on any atom is 0.288 e. The first-order chi connectivity index (χ1) is 13.4. The van der Waals surface area contributed by atoms with E-state index in [4.69, 9.17) is 39.2 Å². The predicted octanol–water partition coefficient (Wildman–Crippen LogP) is 6.21. The number of pyridine rings is 1. The van der Waals surface area contributed by atoms with Crippen molar-refractivity contribution in [2.24, 2.45) is 4.99 Å². The van der Waals surface area contributed by atoms with Gasteiger partial charge in [0, 0.05) is 24.0 Å². The van der Waals surface area contributed by atoms with Gasteiger partial charge in [-0.1, -0.05) is 34.8 Å². The van der Waals surface area contributed by atoms with Gasteiger partial charge in [0.2, 0.25) is 0 Å². The van der Waals surface area contributed by atoms with E-state index in [-0.39, 0.29) is 15.7 Å². The van der Waals surface area contributed by atoms with E-state index >= 15 is 0 Å². The number of furan rings is 1. The quantitative estimate of drug-likeness (QED) is 0.216. The molecular weight excluding hydrogens is 427 g/mol. The largest absolute Gasteiger partial charge is 0.463 e. The van der Waals surface area contributed by atoms with Crippen molar-refractivity contribution in [3.8, 4) is 11.5 Å². The van der Waals surface area contributed by atoms with Gasteiger partial charge >= 0.3 is 0 Å². The second-order valence-corrected chi connectivity index (χ2v) is 6.93. The molecule has 7 nitrogen and oxygen atoms in total. The summed E-state index contributed by atoms with van der Waals surface area (Å²) in [6, 6.07) is 9.51. The molecule has 4 rings (SSSR count). The van der Waals surface area contributed by atoms with Crippen LogP contribution in [0.5, 0.6) is 0 Å². The number of nitro benzene ring substituents is 1. The van der Waals surface area contributed by atoms with Crippen molar-refractivity contribution >= 4 is 58.2 Å². The van der Waals surface area contributed by atoms with Gasteiger partial charge in [-0.05, 0) is 30.3 Å². The highest BCUT2D eigenvalue weighted by molar-refractivity contribution is 6.37. The molecule has 3 heterocycles. The summed E-state index contributed by atoms with van der Waals surface area (Å²) in [5.74, 6) is 0.946. The van der Waals surface area contributed by atoms with Gasteiger partial charge in [-0.15, -0.1) is 0 Å². The Morgan fingerprint density at radius 1 is 1.18 bits per heavy atom. The van der Waals surface area contributed by atoms with Gasteiger partial charge in [0.15, 0.2) is 17.3 Å². The molecule has 10 heteroatoms. The maximum atomic E-state index is 11.1. The summed E-state index contributed by atoms with van der Waals surface area (Å²) in [4.78, 5) is 19.5. The van der Waals surface area contributed by atoms with E-state index in [9.17, 15) is 10.1 Å². The lowest BCUT2D eigenvalue weighted by Gasteiger charge is -2.02. The number of rotatable bonds is 4. The van der Waals surface area contributed by atoms with E-state index in [2.05, 4.69) is 9.98 Å². The first-order valence-corrected chi connectivity index (χ1v) is 8.96. The fraction of sp³-hybridized carbons (Fsp3) is 0. The van der Waals surface area contributed by atoms with Crippen molar-refractivity contribution in [3.63, 3.8) is 0 Å². The molecule has 1 aromatic carbocycles. The van der Waals surface area contributed by atoms with Crippen LogP contribution in [0.3, 0.4) is 0 Å². The van der Waals surface area contributed by atoms with Crippen molar-refractivity contribution < 1.29 is 9.34 Å². The zero-order valence-electron chi connectivity index (χ0n) is 13.8. The van der Waals surface area contributed by atoms with Gasteiger partial charge in [0.1, 0.15) is 10.7 Å². The van der Waals surface area contributed by atoms with Crippen LogP contribution < -0.4 is 0 Å². The lowest BCUT2D eigenvalue weighted by atomic mass is 10.2. The molecule has 140 valence electrons. The van der Waals surface area contributed by atoms with Gasteiger partial charge in [-0.3, -0.25) is 14.5 Å². The molecule has 0 spiro atoms. The molecule has 4 aromatic rings. The number of halogens is 3. The fourth-order valence-electron chi connectivity index (χ4n) is 2.63. The highest BCUT2D eigenvalue weighted by Gasteiger charge is 2.18. The van der Waals surface area contributed by atoms with Crippen LogP contribution in [0.4, 0.5) is 11.5 Å². The van der Waals surface area contributed by atoms with Gasteiger partial charge in [0.05, 0.1) is 21.2 Å². The summed E-state index contributed by atoms with van der Waals surface area (Å²) < 4.78 is 7.14. The Bertz CT molecular complexity index is 1230. The average molecular weight is 436 g/mol. The zero-order valence-corrected chi connectivity index (χ0v) is 16.1. The second kappa shape index (κ2) is 7.27. The minimum Gasteiger partial charge on any atom is -0.463 e. The Labute approximate surface area is 173 Å². The number of nitro groups is 1. The van der Waals surface area contributed by atoms with E-state index in [0.717, 1.165) is 0 Å². The molecule has 0 amide bonds. The van der Waals surface area contributed by atoms with Gasteiger partial charge < -0.3 is 4.42 Å². The molecule has 0 fully saturated rings.